The smallest absolute Gasteiger partial charge is 0.338 e. The number of allylic oxidation sites excluding steroid dienone is 1. The minimum Gasteiger partial charge on any atom is -0.461 e. The average molecular weight is 532 g/mol. The summed E-state index contributed by atoms with van der Waals surface area (Å²) in [4.78, 5) is 62.1. The summed E-state index contributed by atoms with van der Waals surface area (Å²) in [6.45, 7) is 7.94. The van der Waals surface area contributed by atoms with Crippen molar-refractivity contribution in [2.75, 3.05) is 6.61 Å². The van der Waals surface area contributed by atoms with Gasteiger partial charge in [-0.1, -0.05) is 26.3 Å². The number of aliphatic hydroxyl groups is 4. The third-order valence-corrected chi connectivity index (χ3v) is 5.41. The Balaban J connectivity index is 3.11. The number of aliphatic hydroxyl groups excluding tert-OH is 4. The minimum absolute atomic E-state index is 0.242. The summed E-state index contributed by atoms with van der Waals surface area (Å²) in [5.74, 6) is -2.96. The molecule has 1 rings (SSSR count). The van der Waals surface area contributed by atoms with E-state index in [-0.39, 0.29) is 12.5 Å². The van der Waals surface area contributed by atoms with Gasteiger partial charge in [-0.2, -0.15) is 0 Å². The molecule has 5 unspecified atom stereocenters. The number of hydrogen-bond acceptors (Lipinski definition) is 11. The van der Waals surface area contributed by atoms with E-state index in [4.69, 9.17) is 4.74 Å². The molecule has 210 valence electrons. The van der Waals surface area contributed by atoms with Crippen LogP contribution in [0, 0.1) is 5.92 Å². The quantitative estimate of drug-likeness (QED) is 0.141. The lowest BCUT2D eigenvalue weighted by atomic mass is 9.99. The number of carbonyl (C=O) groups is 2. The first-order chi connectivity index (χ1) is 17.3. The number of rotatable bonds is 15. The Kier molecular flexibility index (Phi) is 12.6. The van der Waals surface area contributed by atoms with Gasteiger partial charge in [0.2, 0.25) is 0 Å². The zero-order chi connectivity index (χ0) is 28.4. The molecule has 0 amide bonds. The van der Waals surface area contributed by atoms with Crippen LogP contribution in [-0.2, 0) is 38.7 Å². The molecular weight excluding hydrogens is 494 g/mol. The van der Waals surface area contributed by atoms with Crippen molar-refractivity contribution in [1.29, 1.82) is 0 Å². The summed E-state index contributed by atoms with van der Waals surface area (Å²) in [7, 11) is 0. The van der Waals surface area contributed by atoms with E-state index in [0.717, 1.165) is 6.42 Å². The molecule has 1 aromatic heterocycles. The summed E-state index contributed by atoms with van der Waals surface area (Å²) in [5, 5.41) is 40.3. The molecule has 14 nitrogen and oxygen atoms in total. The van der Waals surface area contributed by atoms with Gasteiger partial charge in [0.15, 0.2) is 12.2 Å². The summed E-state index contributed by atoms with van der Waals surface area (Å²) in [6, 6.07) is 0. The van der Waals surface area contributed by atoms with E-state index >= 15 is 0 Å². The van der Waals surface area contributed by atoms with Crippen LogP contribution in [0.3, 0.4) is 0 Å². The molecule has 0 aromatic carbocycles. The molecule has 37 heavy (non-hydrogen) atoms. The number of nitrogens with zero attached hydrogens (tertiary/aromatic N) is 3. The van der Waals surface area contributed by atoms with Crippen molar-refractivity contribution in [3.8, 4) is 0 Å². The van der Waals surface area contributed by atoms with Crippen LogP contribution >= 0.6 is 0 Å². The van der Waals surface area contributed by atoms with E-state index in [1.807, 2.05) is 6.92 Å². The lowest BCUT2D eigenvalue weighted by molar-refractivity contribution is -0.176. The molecule has 0 aliphatic heterocycles. The highest BCUT2D eigenvalue weighted by Gasteiger charge is 2.33. The van der Waals surface area contributed by atoms with Crippen molar-refractivity contribution in [3.63, 3.8) is 0 Å². The first-order valence-corrected chi connectivity index (χ1v) is 11.9. The Labute approximate surface area is 213 Å². The van der Waals surface area contributed by atoms with Crippen LogP contribution in [0.4, 0.5) is 0 Å². The fourth-order valence-corrected chi connectivity index (χ4v) is 3.38. The van der Waals surface area contributed by atoms with Crippen LogP contribution in [0.2, 0.25) is 0 Å². The van der Waals surface area contributed by atoms with Gasteiger partial charge in [0, 0.05) is 0 Å². The number of hydrogen-bond donors (Lipinski definition) is 4. The van der Waals surface area contributed by atoms with Gasteiger partial charge in [-0.3, -0.25) is 0 Å². The van der Waals surface area contributed by atoms with Gasteiger partial charge in [-0.25, -0.2) is 37.7 Å². The largest absolute Gasteiger partial charge is 0.461 e. The molecule has 0 saturated carbocycles. The molecule has 1 aromatic rings. The second-order valence-corrected chi connectivity index (χ2v) is 8.96. The molecular formula is C23H37N3O11. The van der Waals surface area contributed by atoms with Gasteiger partial charge in [0.25, 0.3) is 0 Å². The second-order valence-electron chi connectivity index (χ2n) is 8.96. The Bertz CT molecular complexity index is 1100. The highest BCUT2D eigenvalue weighted by atomic mass is 16.6. The number of esters is 2. The fourth-order valence-electron chi connectivity index (χ4n) is 3.38. The maximum absolute atomic E-state index is 12.9. The van der Waals surface area contributed by atoms with E-state index in [1.165, 1.54) is 19.9 Å². The van der Waals surface area contributed by atoms with Crippen molar-refractivity contribution < 1.29 is 39.5 Å². The van der Waals surface area contributed by atoms with Gasteiger partial charge in [0.05, 0.1) is 31.8 Å². The lowest BCUT2D eigenvalue weighted by Gasteiger charge is -2.21. The van der Waals surface area contributed by atoms with Crippen LogP contribution < -0.4 is 17.1 Å². The summed E-state index contributed by atoms with van der Waals surface area (Å²) in [5.41, 5.74) is -3.10. The Morgan fingerprint density at radius 3 is 1.92 bits per heavy atom. The molecule has 0 spiro atoms. The van der Waals surface area contributed by atoms with E-state index in [9.17, 15) is 44.4 Å². The molecule has 0 aliphatic rings. The minimum atomic E-state index is -2.31. The second kappa shape index (κ2) is 14.6. The normalized spacial score (nSPS) is 15.5. The predicted octanol–water partition coefficient (Wildman–Crippen LogP) is -2.27. The third kappa shape index (κ3) is 8.77. The van der Waals surface area contributed by atoms with Gasteiger partial charge in [0.1, 0.15) is 12.7 Å². The first kappa shape index (κ1) is 32.0. The zero-order valence-electron chi connectivity index (χ0n) is 21.5. The van der Waals surface area contributed by atoms with Gasteiger partial charge < -0.3 is 29.9 Å². The Hall–Kier alpha value is -3.07. The maximum Gasteiger partial charge on any atom is 0.338 e. The number of ether oxygens (including phenoxy) is 2. The number of carbonyl (C=O) groups excluding carboxylic acids is 2. The standard InChI is InChI=1S/C23H37N3O11/c1-6-8-14(5)16(28)11-26-22(34)24(9-7-2)21(33)25(23(26)35)10-15(27)12-36-19(31)17(29)18(30)20(32)37-13(3)4/h7,13-18,27-30H,2,6,8-12H2,1,3-5H3. The Morgan fingerprint density at radius 1 is 0.892 bits per heavy atom. The van der Waals surface area contributed by atoms with Crippen LogP contribution in [-0.4, -0.2) is 83.2 Å². The summed E-state index contributed by atoms with van der Waals surface area (Å²) >= 11 is 0. The summed E-state index contributed by atoms with van der Waals surface area (Å²) in [6.07, 6.45) is -5.21. The topological polar surface area (TPSA) is 200 Å². The molecule has 0 aliphatic carbocycles. The van der Waals surface area contributed by atoms with E-state index in [2.05, 4.69) is 11.3 Å². The highest BCUT2D eigenvalue weighted by Crippen LogP contribution is 2.11. The molecule has 4 N–H and O–H groups in total. The van der Waals surface area contributed by atoms with Crippen molar-refractivity contribution in [1.82, 2.24) is 13.7 Å². The van der Waals surface area contributed by atoms with Crippen LogP contribution in [0.15, 0.2) is 27.0 Å². The molecule has 0 fully saturated rings. The van der Waals surface area contributed by atoms with E-state index in [0.29, 0.717) is 20.1 Å². The number of aromatic nitrogens is 3. The van der Waals surface area contributed by atoms with Crippen LogP contribution in [0.25, 0.3) is 0 Å². The van der Waals surface area contributed by atoms with Crippen molar-refractivity contribution in [3.05, 3.63) is 44.1 Å². The monoisotopic (exact) mass is 531 g/mol. The zero-order valence-corrected chi connectivity index (χ0v) is 21.5. The molecule has 5 atom stereocenters. The maximum atomic E-state index is 12.9. The van der Waals surface area contributed by atoms with E-state index in [1.54, 1.807) is 6.92 Å². The SMILES string of the molecule is C=CCn1c(=O)n(CC(O)COC(=O)C(O)C(O)C(=O)OC(C)C)c(=O)n(CC(O)C(C)CCC)c1=O. The third-order valence-electron chi connectivity index (χ3n) is 5.41. The van der Waals surface area contributed by atoms with Gasteiger partial charge in [-0.15, -0.1) is 6.58 Å². The van der Waals surface area contributed by atoms with Crippen molar-refractivity contribution in [2.45, 2.75) is 90.7 Å². The molecule has 0 radical (unpaired) electrons. The Morgan fingerprint density at radius 2 is 1.41 bits per heavy atom. The average Bonchev–Trinajstić information content (AvgIpc) is 2.84. The fraction of sp³-hybridized carbons (Fsp3) is 0.696. The van der Waals surface area contributed by atoms with Crippen LogP contribution in [0.1, 0.15) is 40.5 Å². The summed E-state index contributed by atoms with van der Waals surface area (Å²) < 4.78 is 11.3. The molecule has 0 saturated heterocycles. The lowest BCUT2D eigenvalue weighted by Crippen LogP contribution is -2.56. The highest BCUT2D eigenvalue weighted by molar-refractivity contribution is 5.85. The predicted molar refractivity (Wildman–Crippen MR) is 130 cm³/mol. The molecule has 1 heterocycles. The van der Waals surface area contributed by atoms with Gasteiger partial charge >= 0.3 is 29.0 Å². The van der Waals surface area contributed by atoms with Gasteiger partial charge in [-0.05, 0) is 26.2 Å². The molecule has 14 heteroatoms. The van der Waals surface area contributed by atoms with Crippen LogP contribution in [0.5, 0.6) is 0 Å². The first-order valence-electron chi connectivity index (χ1n) is 11.9. The van der Waals surface area contributed by atoms with E-state index < -0.39 is 79.2 Å². The van der Waals surface area contributed by atoms with Crippen molar-refractivity contribution in [2.24, 2.45) is 5.92 Å². The van der Waals surface area contributed by atoms with Crippen molar-refractivity contribution >= 4 is 11.9 Å². The molecule has 0 bridgehead atoms.